The van der Waals surface area contributed by atoms with Crippen LogP contribution >= 0.6 is 0 Å². The lowest BCUT2D eigenvalue weighted by molar-refractivity contribution is -0.124. The van der Waals surface area contributed by atoms with Crippen molar-refractivity contribution in [2.45, 2.75) is 52.1 Å². The van der Waals surface area contributed by atoms with E-state index in [-0.39, 0.29) is 24.6 Å². The van der Waals surface area contributed by atoms with Gasteiger partial charge in [0, 0.05) is 6.04 Å². The van der Waals surface area contributed by atoms with Crippen LogP contribution in [-0.4, -0.2) is 41.7 Å². The highest BCUT2D eigenvalue weighted by Gasteiger charge is 2.24. The molecule has 4 heteroatoms. The number of nitrogens with zero attached hydrogens (tertiary/aromatic N) is 1. The number of nitrogens with one attached hydrogen (secondary N) is 1. The van der Waals surface area contributed by atoms with Gasteiger partial charge in [-0.3, -0.25) is 9.69 Å². The maximum atomic E-state index is 12.3. The molecule has 1 aliphatic rings. The zero-order valence-electron chi connectivity index (χ0n) is 13.9. The summed E-state index contributed by atoms with van der Waals surface area (Å²) in [7, 11) is 0. The van der Waals surface area contributed by atoms with E-state index in [0.717, 1.165) is 31.4 Å². The van der Waals surface area contributed by atoms with Gasteiger partial charge in [0.25, 0.3) is 0 Å². The zero-order valence-corrected chi connectivity index (χ0v) is 13.9. The Morgan fingerprint density at radius 3 is 2.82 bits per heavy atom. The van der Waals surface area contributed by atoms with Gasteiger partial charge < -0.3 is 10.4 Å². The van der Waals surface area contributed by atoms with Gasteiger partial charge in [-0.2, -0.15) is 0 Å². The van der Waals surface area contributed by atoms with Crippen molar-refractivity contribution in [1.82, 2.24) is 10.2 Å². The minimum Gasteiger partial charge on any atom is -0.395 e. The van der Waals surface area contributed by atoms with Gasteiger partial charge in [0.15, 0.2) is 0 Å². The number of rotatable bonds is 5. The SMILES string of the molecule is Cc1ccc(C(C)NC(=O)CN2CCCC[C@@H]2CO)cc1C. The summed E-state index contributed by atoms with van der Waals surface area (Å²) in [6, 6.07) is 6.45. The highest BCUT2D eigenvalue weighted by Crippen LogP contribution is 2.18. The number of hydrogen-bond donors (Lipinski definition) is 2. The summed E-state index contributed by atoms with van der Waals surface area (Å²) < 4.78 is 0. The van der Waals surface area contributed by atoms with Gasteiger partial charge in [-0.15, -0.1) is 0 Å². The van der Waals surface area contributed by atoms with Crippen molar-refractivity contribution in [3.63, 3.8) is 0 Å². The number of aliphatic hydroxyl groups is 1. The number of aryl methyl sites for hydroxylation is 2. The fourth-order valence-corrected chi connectivity index (χ4v) is 3.06. The first-order valence-electron chi connectivity index (χ1n) is 8.22. The van der Waals surface area contributed by atoms with Crippen LogP contribution in [0, 0.1) is 13.8 Å². The average molecular weight is 304 g/mol. The summed E-state index contributed by atoms with van der Waals surface area (Å²) in [6.07, 6.45) is 3.23. The predicted molar refractivity (Wildman–Crippen MR) is 88.8 cm³/mol. The molecule has 22 heavy (non-hydrogen) atoms. The van der Waals surface area contributed by atoms with Gasteiger partial charge in [-0.25, -0.2) is 0 Å². The molecular formula is C18H28N2O2. The van der Waals surface area contributed by atoms with Gasteiger partial charge in [-0.05, 0) is 56.8 Å². The number of carbonyl (C=O) groups is 1. The van der Waals surface area contributed by atoms with E-state index in [1.54, 1.807) is 0 Å². The number of piperidine rings is 1. The lowest BCUT2D eigenvalue weighted by Crippen LogP contribution is -2.47. The molecule has 0 aromatic heterocycles. The largest absolute Gasteiger partial charge is 0.395 e. The van der Waals surface area contributed by atoms with Crippen LogP contribution in [0.25, 0.3) is 0 Å². The minimum absolute atomic E-state index is 0.00386. The number of aliphatic hydroxyl groups excluding tert-OH is 1. The van der Waals surface area contributed by atoms with E-state index in [4.69, 9.17) is 0 Å². The third-order valence-electron chi connectivity index (χ3n) is 4.71. The Hall–Kier alpha value is -1.39. The number of carbonyl (C=O) groups excluding carboxylic acids is 1. The number of benzene rings is 1. The van der Waals surface area contributed by atoms with Crippen LogP contribution in [0.1, 0.15) is 48.9 Å². The molecule has 0 radical (unpaired) electrons. The Kier molecular flexibility index (Phi) is 5.98. The molecule has 2 rings (SSSR count). The van der Waals surface area contributed by atoms with Crippen LogP contribution in [0.2, 0.25) is 0 Å². The second kappa shape index (κ2) is 7.75. The second-order valence-corrected chi connectivity index (χ2v) is 6.44. The van der Waals surface area contributed by atoms with Crippen LogP contribution in [0.5, 0.6) is 0 Å². The molecule has 2 atom stereocenters. The van der Waals surface area contributed by atoms with Crippen molar-refractivity contribution in [3.8, 4) is 0 Å². The zero-order chi connectivity index (χ0) is 16.1. The van der Waals surface area contributed by atoms with Crippen molar-refractivity contribution < 1.29 is 9.90 Å². The third-order valence-corrected chi connectivity index (χ3v) is 4.71. The molecule has 4 nitrogen and oxygen atoms in total. The maximum Gasteiger partial charge on any atom is 0.234 e. The molecule has 1 aliphatic heterocycles. The summed E-state index contributed by atoms with van der Waals surface area (Å²) in [4.78, 5) is 14.4. The topological polar surface area (TPSA) is 52.6 Å². The third kappa shape index (κ3) is 4.31. The molecule has 0 spiro atoms. The van der Waals surface area contributed by atoms with Crippen LogP contribution in [0.3, 0.4) is 0 Å². The number of likely N-dealkylation sites (tertiary alicyclic amines) is 1. The quantitative estimate of drug-likeness (QED) is 0.878. The Morgan fingerprint density at radius 1 is 1.36 bits per heavy atom. The first-order valence-corrected chi connectivity index (χ1v) is 8.22. The Balaban J connectivity index is 1.91. The summed E-state index contributed by atoms with van der Waals surface area (Å²) in [6.45, 7) is 7.61. The molecule has 0 bridgehead atoms. The van der Waals surface area contributed by atoms with E-state index in [2.05, 4.69) is 42.3 Å². The fraction of sp³-hybridized carbons (Fsp3) is 0.611. The molecule has 1 aromatic carbocycles. The fourth-order valence-electron chi connectivity index (χ4n) is 3.06. The number of hydrogen-bond acceptors (Lipinski definition) is 3. The highest BCUT2D eigenvalue weighted by molar-refractivity contribution is 5.78. The van der Waals surface area contributed by atoms with E-state index in [9.17, 15) is 9.90 Å². The van der Waals surface area contributed by atoms with Crippen molar-refractivity contribution in [3.05, 3.63) is 34.9 Å². The Morgan fingerprint density at radius 2 is 2.14 bits per heavy atom. The predicted octanol–water partition coefficient (Wildman–Crippen LogP) is 2.33. The molecule has 1 unspecified atom stereocenters. The smallest absolute Gasteiger partial charge is 0.234 e. The van der Waals surface area contributed by atoms with Gasteiger partial charge in [-0.1, -0.05) is 24.6 Å². The molecule has 1 amide bonds. The van der Waals surface area contributed by atoms with Gasteiger partial charge in [0.2, 0.25) is 5.91 Å². The van der Waals surface area contributed by atoms with Gasteiger partial charge in [0.05, 0.1) is 19.2 Å². The molecule has 2 N–H and O–H groups in total. The van der Waals surface area contributed by atoms with Crippen LogP contribution in [0.15, 0.2) is 18.2 Å². The second-order valence-electron chi connectivity index (χ2n) is 6.44. The maximum absolute atomic E-state index is 12.3. The summed E-state index contributed by atoms with van der Waals surface area (Å²) in [5, 5.41) is 12.5. The Bertz CT molecular complexity index is 516. The molecule has 1 fully saturated rings. The van der Waals surface area contributed by atoms with Crippen LogP contribution in [-0.2, 0) is 4.79 Å². The monoisotopic (exact) mass is 304 g/mol. The van der Waals surface area contributed by atoms with E-state index >= 15 is 0 Å². The van der Waals surface area contributed by atoms with Crippen LogP contribution < -0.4 is 5.32 Å². The molecule has 0 aliphatic carbocycles. The molecule has 122 valence electrons. The summed E-state index contributed by atoms with van der Waals surface area (Å²) >= 11 is 0. The molecule has 1 heterocycles. The lowest BCUT2D eigenvalue weighted by atomic mass is 10.0. The normalized spacial score (nSPS) is 20.6. The van der Waals surface area contributed by atoms with Crippen molar-refractivity contribution in [1.29, 1.82) is 0 Å². The van der Waals surface area contributed by atoms with E-state index in [1.807, 2.05) is 6.92 Å². The van der Waals surface area contributed by atoms with Crippen LogP contribution in [0.4, 0.5) is 0 Å². The standard InChI is InChI=1S/C18H28N2O2/c1-13-7-8-16(10-14(13)2)15(3)19-18(22)11-20-9-5-4-6-17(20)12-21/h7-8,10,15,17,21H,4-6,9,11-12H2,1-3H3,(H,19,22)/t15?,17-/m1/s1. The average Bonchev–Trinajstić information content (AvgIpc) is 2.50. The molecule has 1 aromatic rings. The molecule has 0 saturated carbocycles. The number of amides is 1. The summed E-state index contributed by atoms with van der Waals surface area (Å²) in [5.41, 5.74) is 3.64. The molecular weight excluding hydrogens is 276 g/mol. The van der Waals surface area contributed by atoms with Crippen molar-refractivity contribution >= 4 is 5.91 Å². The first-order chi connectivity index (χ1) is 10.5. The van der Waals surface area contributed by atoms with E-state index < -0.39 is 0 Å². The first kappa shape index (κ1) is 17.0. The van der Waals surface area contributed by atoms with Crippen molar-refractivity contribution in [2.24, 2.45) is 0 Å². The lowest BCUT2D eigenvalue weighted by Gasteiger charge is -2.34. The van der Waals surface area contributed by atoms with E-state index in [0.29, 0.717) is 6.54 Å². The highest BCUT2D eigenvalue weighted by atomic mass is 16.3. The minimum atomic E-state index is 0.00386. The summed E-state index contributed by atoms with van der Waals surface area (Å²) in [5.74, 6) is 0.0334. The Labute approximate surface area is 133 Å². The van der Waals surface area contributed by atoms with Gasteiger partial charge in [0.1, 0.15) is 0 Å². The van der Waals surface area contributed by atoms with Gasteiger partial charge >= 0.3 is 0 Å². The molecule has 1 saturated heterocycles. The van der Waals surface area contributed by atoms with E-state index in [1.165, 1.54) is 11.1 Å². The van der Waals surface area contributed by atoms with Crippen molar-refractivity contribution in [2.75, 3.05) is 19.7 Å².